The molecule has 2 aliphatic heterocycles. The van der Waals surface area contributed by atoms with E-state index in [9.17, 15) is 9.59 Å². The van der Waals surface area contributed by atoms with E-state index in [1.54, 1.807) is 11.8 Å². The molecule has 8 nitrogen and oxygen atoms in total. The summed E-state index contributed by atoms with van der Waals surface area (Å²) >= 11 is 0. The normalized spacial score (nSPS) is 23.3. The van der Waals surface area contributed by atoms with Crippen molar-refractivity contribution in [2.24, 2.45) is 0 Å². The molecule has 0 aromatic carbocycles. The lowest BCUT2D eigenvalue weighted by Crippen LogP contribution is -2.57. The Morgan fingerprint density at radius 3 is 2.85 bits per heavy atom. The highest BCUT2D eigenvalue weighted by Crippen LogP contribution is 2.31. The minimum absolute atomic E-state index is 0.000911. The predicted molar refractivity (Wildman–Crippen MR) is 99.3 cm³/mol. The van der Waals surface area contributed by atoms with Gasteiger partial charge < -0.3 is 19.3 Å². The summed E-state index contributed by atoms with van der Waals surface area (Å²) in [4.78, 5) is 29.6. The first kappa shape index (κ1) is 19.8. The maximum atomic E-state index is 13.0. The Morgan fingerprint density at radius 1 is 1.41 bits per heavy atom. The molecular formula is C19H30N4O4. The lowest BCUT2D eigenvalue weighted by atomic mass is 9.95. The third-order valence-electron chi connectivity index (χ3n) is 5.51. The van der Waals surface area contributed by atoms with E-state index >= 15 is 0 Å². The molecule has 1 spiro atoms. The van der Waals surface area contributed by atoms with Crippen LogP contribution in [0.25, 0.3) is 0 Å². The van der Waals surface area contributed by atoms with Crippen molar-refractivity contribution in [2.75, 3.05) is 46.6 Å². The molecule has 0 saturated carbocycles. The van der Waals surface area contributed by atoms with Crippen molar-refractivity contribution in [3.05, 3.63) is 17.5 Å². The van der Waals surface area contributed by atoms with Crippen molar-refractivity contribution < 1.29 is 19.1 Å². The van der Waals surface area contributed by atoms with Gasteiger partial charge in [0, 0.05) is 52.1 Å². The zero-order valence-electron chi connectivity index (χ0n) is 16.6. The fourth-order valence-electron chi connectivity index (χ4n) is 4.09. The molecule has 2 fully saturated rings. The van der Waals surface area contributed by atoms with Gasteiger partial charge in [0.2, 0.25) is 11.8 Å². The van der Waals surface area contributed by atoms with Gasteiger partial charge in [-0.25, -0.2) is 0 Å². The van der Waals surface area contributed by atoms with Crippen molar-refractivity contribution >= 4 is 11.8 Å². The quantitative estimate of drug-likeness (QED) is 0.683. The van der Waals surface area contributed by atoms with E-state index in [2.05, 4.69) is 5.10 Å². The molecule has 150 valence electrons. The van der Waals surface area contributed by atoms with Gasteiger partial charge in [-0.15, -0.1) is 0 Å². The monoisotopic (exact) mass is 378 g/mol. The molecular weight excluding hydrogens is 348 g/mol. The van der Waals surface area contributed by atoms with E-state index in [1.807, 2.05) is 29.7 Å². The van der Waals surface area contributed by atoms with Crippen LogP contribution in [0.15, 0.2) is 6.07 Å². The van der Waals surface area contributed by atoms with Crippen LogP contribution in [0.3, 0.4) is 0 Å². The number of amides is 2. The highest BCUT2D eigenvalue weighted by atomic mass is 16.5. The Balaban J connectivity index is 1.75. The molecule has 1 unspecified atom stereocenters. The number of carbonyl (C=O) groups is 2. The Kier molecular flexibility index (Phi) is 6.16. The zero-order chi connectivity index (χ0) is 19.4. The lowest BCUT2D eigenvalue weighted by Gasteiger charge is -2.40. The summed E-state index contributed by atoms with van der Waals surface area (Å²) in [6.07, 6.45) is 1.89. The molecule has 3 heterocycles. The molecule has 2 aliphatic rings. The van der Waals surface area contributed by atoms with Crippen LogP contribution in [0.4, 0.5) is 0 Å². The second-order valence-electron chi connectivity index (χ2n) is 7.57. The summed E-state index contributed by atoms with van der Waals surface area (Å²) in [5, 5.41) is 4.39. The van der Waals surface area contributed by atoms with Crippen LogP contribution in [-0.4, -0.2) is 83.5 Å². The van der Waals surface area contributed by atoms with Crippen molar-refractivity contribution in [1.82, 2.24) is 19.6 Å². The standard InChI is InChI=1S/C19H30N4O4/c1-15-11-16(2)23(20-15)12-18(25)21-8-5-17(24)22(7-4-9-26-3)19(13-21)6-10-27-14-19/h11H,4-10,12-14H2,1-3H3. The SMILES string of the molecule is COCCCN1C(=O)CCN(C(=O)Cn2nc(C)cc2C)CC12CCOC2. The fourth-order valence-corrected chi connectivity index (χ4v) is 4.09. The van der Waals surface area contributed by atoms with Crippen molar-refractivity contribution in [1.29, 1.82) is 0 Å². The van der Waals surface area contributed by atoms with Crippen molar-refractivity contribution in [3.8, 4) is 0 Å². The van der Waals surface area contributed by atoms with Gasteiger partial charge in [-0.3, -0.25) is 14.3 Å². The van der Waals surface area contributed by atoms with Gasteiger partial charge in [0.15, 0.2) is 0 Å². The summed E-state index contributed by atoms with van der Waals surface area (Å²) in [7, 11) is 1.66. The zero-order valence-corrected chi connectivity index (χ0v) is 16.6. The maximum absolute atomic E-state index is 13.0. The molecule has 0 radical (unpaired) electrons. The molecule has 0 N–H and O–H groups in total. The summed E-state index contributed by atoms with van der Waals surface area (Å²) in [5.74, 6) is 0.0945. The molecule has 27 heavy (non-hydrogen) atoms. The van der Waals surface area contributed by atoms with E-state index in [0.717, 1.165) is 24.2 Å². The number of ether oxygens (including phenoxy) is 2. The summed E-state index contributed by atoms with van der Waals surface area (Å²) < 4.78 is 12.5. The number of aryl methyl sites for hydroxylation is 2. The smallest absolute Gasteiger partial charge is 0.244 e. The van der Waals surface area contributed by atoms with Crippen LogP contribution in [-0.2, 0) is 25.6 Å². The number of carbonyl (C=O) groups excluding carboxylic acids is 2. The first-order chi connectivity index (χ1) is 12.9. The van der Waals surface area contributed by atoms with Crippen molar-refractivity contribution in [2.45, 2.75) is 45.2 Å². The summed E-state index contributed by atoms with van der Waals surface area (Å²) in [6.45, 7) is 7.38. The van der Waals surface area contributed by atoms with Crippen LogP contribution < -0.4 is 0 Å². The molecule has 0 aliphatic carbocycles. The lowest BCUT2D eigenvalue weighted by molar-refractivity contribution is -0.138. The maximum Gasteiger partial charge on any atom is 0.244 e. The minimum atomic E-state index is -0.425. The first-order valence-corrected chi connectivity index (χ1v) is 9.61. The van der Waals surface area contributed by atoms with E-state index in [4.69, 9.17) is 9.47 Å². The van der Waals surface area contributed by atoms with Crippen LogP contribution in [0, 0.1) is 13.8 Å². The van der Waals surface area contributed by atoms with E-state index < -0.39 is 5.54 Å². The Bertz CT molecular complexity index is 681. The summed E-state index contributed by atoms with van der Waals surface area (Å²) in [6, 6.07) is 1.96. The number of hydrogen-bond acceptors (Lipinski definition) is 5. The van der Waals surface area contributed by atoms with Crippen molar-refractivity contribution in [3.63, 3.8) is 0 Å². The third-order valence-corrected chi connectivity index (χ3v) is 5.51. The largest absolute Gasteiger partial charge is 0.385 e. The number of nitrogens with zero attached hydrogens (tertiary/aromatic N) is 4. The van der Waals surface area contributed by atoms with E-state index in [1.165, 1.54) is 0 Å². The molecule has 3 rings (SSSR count). The number of hydrogen-bond donors (Lipinski definition) is 0. The van der Waals surface area contributed by atoms with Crippen LogP contribution in [0.2, 0.25) is 0 Å². The Labute approximate surface area is 160 Å². The van der Waals surface area contributed by atoms with E-state index in [0.29, 0.717) is 45.9 Å². The van der Waals surface area contributed by atoms with Gasteiger partial charge in [0.25, 0.3) is 0 Å². The molecule has 0 bridgehead atoms. The predicted octanol–water partition coefficient (Wildman–Crippen LogP) is 0.756. The first-order valence-electron chi connectivity index (χ1n) is 9.61. The highest BCUT2D eigenvalue weighted by molar-refractivity contribution is 5.81. The van der Waals surface area contributed by atoms with Gasteiger partial charge in [0.05, 0.1) is 17.8 Å². The molecule has 8 heteroatoms. The second kappa shape index (κ2) is 8.39. The average Bonchev–Trinajstić information content (AvgIpc) is 3.18. The van der Waals surface area contributed by atoms with Crippen LogP contribution in [0.1, 0.15) is 30.7 Å². The van der Waals surface area contributed by atoms with Gasteiger partial charge in [0.1, 0.15) is 6.54 Å². The Hall–Kier alpha value is -1.93. The molecule has 2 saturated heterocycles. The van der Waals surface area contributed by atoms with Gasteiger partial charge in [-0.2, -0.15) is 5.10 Å². The molecule has 1 aromatic heterocycles. The van der Waals surface area contributed by atoms with E-state index in [-0.39, 0.29) is 18.4 Å². The fraction of sp³-hybridized carbons (Fsp3) is 0.737. The highest BCUT2D eigenvalue weighted by Gasteiger charge is 2.46. The number of methoxy groups -OCH3 is 1. The molecule has 1 atom stereocenters. The number of rotatable bonds is 6. The topological polar surface area (TPSA) is 76.9 Å². The molecule has 1 aromatic rings. The van der Waals surface area contributed by atoms with Crippen LogP contribution in [0.5, 0.6) is 0 Å². The van der Waals surface area contributed by atoms with Gasteiger partial charge in [-0.05, 0) is 32.8 Å². The Morgan fingerprint density at radius 2 is 2.22 bits per heavy atom. The number of aromatic nitrogens is 2. The van der Waals surface area contributed by atoms with Crippen LogP contribution >= 0.6 is 0 Å². The van der Waals surface area contributed by atoms with Gasteiger partial charge >= 0.3 is 0 Å². The average molecular weight is 378 g/mol. The van der Waals surface area contributed by atoms with Gasteiger partial charge in [-0.1, -0.05) is 0 Å². The summed E-state index contributed by atoms with van der Waals surface area (Å²) in [5.41, 5.74) is 1.44. The third kappa shape index (κ3) is 4.32. The minimum Gasteiger partial charge on any atom is -0.385 e. The second-order valence-corrected chi connectivity index (χ2v) is 7.57. The molecule has 2 amide bonds.